The summed E-state index contributed by atoms with van der Waals surface area (Å²) >= 11 is 0. The van der Waals surface area contributed by atoms with Crippen molar-refractivity contribution in [2.24, 2.45) is 4.99 Å². The van der Waals surface area contributed by atoms with E-state index in [2.05, 4.69) is 16.6 Å². The molecule has 0 unspecified atom stereocenters. The summed E-state index contributed by atoms with van der Waals surface area (Å²) in [6.07, 6.45) is 4.26. The van der Waals surface area contributed by atoms with Crippen molar-refractivity contribution >= 4 is 29.5 Å². The van der Waals surface area contributed by atoms with Crippen molar-refractivity contribution in [1.82, 2.24) is 4.98 Å². The van der Waals surface area contributed by atoms with Crippen molar-refractivity contribution in [2.75, 3.05) is 16.8 Å². The Morgan fingerprint density at radius 2 is 2.03 bits per heavy atom. The number of carbonyl (C=O) groups is 2. The second-order valence-electron chi connectivity index (χ2n) is 7.26. The molecule has 8 nitrogen and oxygen atoms in total. The molecule has 4 rings (SSSR count). The highest BCUT2D eigenvalue weighted by Gasteiger charge is 2.52. The van der Waals surface area contributed by atoms with Crippen LogP contribution in [0.4, 0.5) is 11.5 Å². The second kappa shape index (κ2) is 7.48. The van der Waals surface area contributed by atoms with Gasteiger partial charge in [-0.15, -0.1) is 0 Å². The molecule has 0 bridgehead atoms. The Hall–Kier alpha value is -3.78. The number of carbonyl (C=O) groups excluding carboxylic acids is 2. The van der Waals surface area contributed by atoms with Crippen LogP contribution >= 0.6 is 0 Å². The van der Waals surface area contributed by atoms with E-state index in [1.807, 2.05) is 6.92 Å². The van der Waals surface area contributed by atoms with Gasteiger partial charge >= 0.3 is 0 Å². The number of aliphatic imine (C=N–C) groups is 1. The summed E-state index contributed by atoms with van der Waals surface area (Å²) in [5, 5.41) is 11.8. The summed E-state index contributed by atoms with van der Waals surface area (Å²) in [4.78, 5) is 36.8. The zero-order chi connectivity index (χ0) is 22.3. The van der Waals surface area contributed by atoms with Gasteiger partial charge in [0.25, 0.3) is 11.8 Å². The highest BCUT2D eigenvalue weighted by Crippen LogP contribution is 2.45. The predicted molar refractivity (Wildman–Crippen MR) is 117 cm³/mol. The molecule has 3 heterocycles. The molecule has 31 heavy (non-hydrogen) atoms. The number of pyridine rings is 1. The molecule has 1 N–H and O–H groups in total. The van der Waals surface area contributed by atoms with Crippen molar-refractivity contribution < 1.29 is 19.4 Å². The molecule has 0 radical (unpaired) electrons. The van der Waals surface area contributed by atoms with Crippen LogP contribution in [0, 0.1) is 0 Å². The topological polar surface area (TPSA) is 95.3 Å². The fourth-order valence-corrected chi connectivity index (χ4v) is 3.72. The summed E-state index contributed by atoms with van der Waals surface area (Å²) in [7, 11) is 1.63. The lowest BCUT2D eigenvalue weighted by atomic mass is 9.99. The van der Waals surface area contributed by atoms with Crippen LogP contribution in [0.25, 0.3) is 0 Å². The van der Waals surface area contributed by atoms with E-state index < -0.39 is 17.7 Å². The normalized spacial score (nSPS) is 22.8. The summed E-state index contributed by atoms with van der Waals surface area (Å²) in [6, 6.07) is 9.93. The number of ether oxygens (including phenoxy) is 1. The van der Waals surface area contributed by atoms with Crippen LogP contribution < -0.4 is 14.5 Å². The monoisotopic (exact) mass is 418 g/mol. The zero-order valence-corrected chi connectivity index (χ0v) is 17.4. The van der Waals surface area contributed by atoms with E-state index in [4.69, 9.17) is 4.74 Å². The van der Waals surface area contributed by atoms with E-state index >= 15 is 0 Å². The largest absolute Gasteiger partial charge is 0.463 e. The Morgan fingerprint density at radius 1 is 1.29 bits per heavy atom. The number of likely N-dealkylation sites (N-methyl/N-ethyl adjacent to an activating group) is 1. The maximum Gasteiger partial charge on any atom is 0.267 e. The standard InChI is InChI=1S/C23H22N4O4/c1-5-6-13-24-15(3)23(30)17-10-8-7-9-16(17)22(29)27(23)19-12-11-18-20(25-19)31-14(2)21(28)26(18)4/h5-14,30H,3H2,1-2,4H3/b6-5-,24-13?/t14-,23+/m1/s1. The number of nitrogens with zero attached hydrogens (tertiary/aromatic N) is 4. The number of benzene rings is 1. The molecule has 0 fully saturated rings. The van der Waals surface area contributed by atoms with E-state index in [9.17, 15) is 14.7 Å². The molecular weight excluding hydrogens is 396 g/mol. The minimum absolute atomic E-state index is 0.0602. The molecular formula is C23H22N4O4. The fraction of sp³-hybridized carbons (Fsp3) is 0.217. The Bertz CT molecular complexity index is 1160. The van der Waals surface area contributed by atoms with Crippen LogP contribution in [-0.4, -0.2) is 41.3 Å². The second-order valence-corrected chi connectivity index (χ2v) is 7.26. The van der Waals surface area contributed by atoms with Gasteiger partial charge in [0.15, 0.2) is 6.10 Å². The molecule has 2 atom stereocenters. The zero-order valence-electron chi connectivity index (χ0n) is 17.4. The minimum atomic E-state index is -1.94. The van der Waals surface area contributed by atoms with E-state index in [1.165, 1.54) is 11.1 Å². The lowest BCUT2D eigenvalue weighted by molar-refractivity contribution is -0.125. The first kappa shape index (κ1) is 20.5. The van der Waals surface area contributed by atoms with Gasteiger partial charge in [-0.2, -0.15) is 4.98 Å². The number of hydrogen-bond donors (Lipinski definition) is 1. The number of rotatable bonds is 4. The maximum atomic E-state index is 13.3. The fourth-order valence-electron chi connectivity index (χ4n) is 3.72. The molecule has 1 aromatic carbocycles. The number of allylic oxidation sites excluding steroid dienone is 2. The van der Waals surface area contributed by atoms with Gasteiger partial charge in [-0.05, 0) is 38.1 Å². The number of hydrogen-bond acceptors (Lipinski definition) is 6. The molecule has 158 valence electrons. The van der Waals surface area contributed by atoms with E-state index in [0.29, 0.717) is 16.8 Å². The summed E-state index contributed by atoms with van der Waals surface area (Å²) in [6.45, 7) is 7.39. The predicted octanol–water partition coefficient (Wildman–Crippen LogP) is 2.79. The molecule has 2 aromatic rings. The Kier molecular flexibility index (Phi) is 4.94. The average molecular weight is 418 g/mol. The lowest BCUT2D eigenvalue weighted by Gasteiger charge is -2.35. The van der Waals surface area contributed by atoms with Crippen molar-refractivity contribution in [3.05, 3.63) is 72.0 Å². The number of anilines is 2. The number of aliphatic hydroxyl groups is 1. The van der Waals surface area contributed by atoms with Gasteiger partial charge < -0.3 is 14.7 Å². The Balaban J connectivity index is 1.85. The van der Waals surface area contributed by atoms with E-state index in [1.54, 1.807) is 62.5 Å². The van der Waals surface area contributed by atoms with E-state index in [-0.39, 0.29) is 23.3 Å². The van der Waals surface area contributed by atoms with Crippen molar-refractivity contribution in [2.45, 2.75) is 25.7 Å². The van der Waals surface area contributed by atoms with Gasteiger partial charge in [0.05, 0.1) is 5.70 Å². The number of amides is 2. The minimum Gasteiger partial charge on any atom is -0.463 e. The van der Waals surface area contributed by atoms with Crippen LogP contribution in [-0.2, 0) is 10.5 Å². The molecule has 0 saturated heterocycles. The smallest absolute Gasteiger partial charge is 0.267 e. The van der Waals surface area contributed by atoms with Gasteiger partial charge in [-0.25, -0.2) is 0 Å². The van der Waals surface area contributed by atoms with Gasteiger partial charge in [-0.1, -0.05) is 30.9 Å². The number of fused-ring (bicyclic) bond motifs is 2. The molecule has 2 aliphatic heterocycles. The lowest BCUT2D eigenvalue weighted by Crippen LogP contribution is -2.46. The van der Waals surface area contributed by atoms with Gasteiger partial charge in [-0.3, -0.25) is 19.5 Å². The molecule has 2 aliphatic rings. The maximum absolute atomic E-state index is 13.3. The molecule has 0 aliphatic carbocycles. The molecule has 8 heteroatoms. The summed E-state index contributed by atoms with van der Waals surface area (Å²) in [5.74, 6) is -0.294. The third-order valence-electron chi connectivity index (χ3n) is 5.35. The third kappa shape index (κ3) is 3.03. The van der Waals surface area contributed by atoms with E-state index in [0.717, 1.165) is 4.90 Å². The molecule has 1 aromatic heterocycles. The first-order chi connectivity index (χ1) is 14.8. The van der Waals surface area contributed by atoms with Crippen LogP contribution in [0.2, 0.25) is 0 Å². The van der Waals surface area contributed by atoms with Crippen molar-refractivity contribution in [3.8, 4) is 5.88 Å². The SMILES string of the molecule is C=C(N=C/C=C\C)[C@]1(O)c2ccccc2C(=O)N1c1ccc2c(n1)O[C@H](C)C(=O)N2C. The average Bonchev–Trinajstić information content (AvgIpc) is 3.00. The molecule has 0 saturated carbocycles. The van der Waals surface area contributed by atoms with Crippen LogP contribution in [0.1, 0.15) is 29.8 Å². The highest BCUT2D eigenvalue weighted by molar-refractivity contribution is 6.12. The highest BCUT2D eigenvalue weighted by atomic mass is 16.5. The summed E-state index contributed by atoms with van der Waals surface area (Å²) in [5.41, 5.74) is -0.707. The van der Waals surface area contributed by atoms with Gasteiger partial charge in [0.2, 0.25) is 11.6 Å². The number of aromatic nitrogens is 1. The molecule has 2 amide bonds. The van der Waals surface area contributed by atoms with Crippen molar-refractivity contribution in [1.29, 1.82) is 0 Å². The Labute approximate surface area is 179 Å². The first-order valence-corrected chi connectivity index (χ1v) is 9.77. The first-order valence-electron chi connectivity index (χ1n) is 9.77. The van der Waals surface area contributed by atoms with Crippen LogP contribution in [0.5, 0.6) is 5.88 Å². The van der Waals surface area contributed by atoms with Gasteiger partial charge in [0.1, 0.15) is 11.5 Å². The van der Waals surface area contributed by atoms with Crippen LogP contribution in [0.3, 0.4) is 0 Å². The third-order valence-corrected chi connectivity index (χ3v) is 5.35. The van der Waals surface area contributed by atoms with Crippen LogP contribution in [0.15, 0.2) is 65.8 Å². The van der Waals surface area contributed by atoms with Gasteiger partial charge in [0, 0.05) is 24.4 Å². The quantitative estimate of drug-likeness (QED) is 0.771. The summed E-state index contributed by atoms with van der Waals surface area (Å²) < 4.78 is 5.65. The van der Waals surface area contributed by atoms with Crippen molar-refractivity contribution in [3.63, 3.8) is 0 Å². The Morgan fingerprint density at radius 3 is 2.77 bits per heavy atom. The molecule has 0 spiro atoms.